The molecule has 1 unspecified atom stereocenters. The number of carbonyl (C=O) groups is 1. The summed E-state index contributed by atoms with van der Waals surface area (Å²) in [5, 5.41) is 14.6. The van der Waals surface area contributed by atoms with Gasteiger partial charge in [0.1, 0.15) is 11.3 Å². The van der Waals surface area contributed by atoms with Crippen molar-refractivity contribution in [1.82, 2.24) is 5.27 Å². The molecule has 27 heavy (non-hydrogen) atoms. The Labute approximate surface area is 149 Å². The number of nitrogens with one attached hydrogen (secondary N) is 1. The number of hydrogen-bond donors (Lipinski definition) is 1. The van der Waals surface area contributed by atoms with Crippen molar-refractivity contribution in [2.75, 3.05) is 5.32 Å². The van der Waals surface area contributed by atoms with Crippen LogP contribution in [-0.2, 0) is 18.0 Å². The van der Waals surface area contributed by atoms with Crippen molar-refractivity contribution in [3.63, 3.8) is 0 Å². The van der Waals surface area contributed by atoms with Crippen LogP contribution in [0.4, 0.5) is 36.4 Å². The predicted octanol–water partition coefficient (Wildman–Crippen LogP) is 2.27. The number of aryl methyl sites for hydroxylation is 1. The summed E-state index contributed by atoms with van der Waals surface area (Å²) in [6.07, 6.45) is -5.70. The normalized spacial score (nSPS) is 12.9. The first kappa shape index (κ1) is 20.8. The van der Waals surface area contributed by atoms with E-state index in [-0.39, 0.29) is 5.03 Å². The van der Waals surface area contributed by atoms with E-state index in [0.29, 0.717) is 11.8 Å². The van der Waals surface area contributed by atoms with E-state index in [9.17, 15) is 40.6 Å². The molecule has 148 valence electrons. The second kappa shape index (κ2) is 7.25. The van der Waals surface area contributed by atoms with Gasteiger partial charge in [-0.15, -0.1) is 0 Å². The highest BCUT2D eigenvalue weighted by molar-refractivity contribution is 8.00. The van der Waals surface area contributed by atoms with Crippen LogP contribution >= 0.6 is 11.8 Å². The molecule has 0 saturated carbocycles. The number of nitrogens with zero attached hydrogens (tertiary/aromatic N) is 2. The third-order valence-corrected chi connectivity index (χ3v) is 4.39. The lowest BCUT2D eigenvalue weighted by Crippen LogP contribution is -2.34. The summed E-state index contributed by atoms with van der Waals surface area (Å²) >= 11 is 0.528. The molecule has 1 heterocycles. The van der Waals surface area contributed by atoms with Crippen LogP contribution in [0.25, 0.3) is 0 Å². The number of anilines is 1. The molecule has 0 aliphatic rings. The Morgan fingerprint density at radius 3 is 2.11 bits per heavy atom. The highest BCUT2D eigenvalue weighted by atomic mass is 32.2. The highest BCUT2D eigenvalue weighted by Gasteiger charge is 2.42. The monoisotopic (exact) mass is 419 g/mol. The Hall–Kier alpha value is -2.51. The lowest BCUT2D eigenvalue weighted by Gasteiger charge is -2.16. The average molecular weight is 419 g/mol. The number of alkyl halides is 3. The van der Waals surface area contributed by atoms with Gasteiger partial charge in [-0.3, -0.25) is 4.79 Å². The molecule has 0 aliphatic heterocycles. The second-order valence-corrected chi connectivity index (χ2v) is 6.37. The fourth-order valence-electron chi connectivity index (χ4n) is 1.87. The molecule has 1 atom stereocenters. The van der Waals surface area contributed by atoms with Crippen molar-refractivity contribution < 1.29 is 49.8 Å². The zero-order valence-electron chi connectivity index (χ0n) is 13.3. The fourth-order valence-corrected chi connectivity index (χ4v) is 2.69. The minimum absolute atomic E-state index is 0.177. The molecule has 0 radical (unpaired) electrons. The Bertz CT molecular complexity index is 852. The van der Waals surface area contributed by atoms with Gasteiger partial charge in [-0.2, -0.15) is 13.2 Å². The van der Waals surface area contributed by atoms with Crippen LogP contribution < -0.4 is 15.1 Å². The summed E-state index contributed by atoms with van der Waals surface area (Å²) in [6, 6.07) is 0. The van der Waals surface area contributed by atoms with Crippen LogP contribution in [0, 0.1) is 23.3 Å². The summed E-state index contributed by atoms with van der Waals surface area (Å²) in [5.74, 6) is -12.4. The van der Waals surface area contributed by atoms with Crippen molar-refractivity contribution in [2.45, 2.75) is 23.4 Å². The molecular weight excluding hydrogens is 411 g/mol. The molecule has 0 saturated heterocycles. The quantitative estimate of drug-likeness (QED) is 0.356. The largest absolute Gasteiger partial charge is 0.538 e. The van der Waals surface area contributed by atoms with Gasteiger partial charge in [0.15, 0.2) is 36.3 Å². The van der Waals surface area contributed by atoms with E-state index in [1.165, 1.54) is 12.4 Å². The van der Waals surface area contributed by atoms with E-state index in [0.717, 1.165) is 11.6 Å². The summed E-state index contributed by atoms with van der Waals surface area (Å²) in [6.45, 7) is 1.15. The molecule has 0 fully saturated rings. The molecule has 0 bridgehead atoms. The summed E-state index contributed by atoms with van der Waals surface area (Å²) in [7, 11) is 1.29. The predicted molar refractivity (Wildman–Crippen MR) is 72.3 cm³/mol. The minimum Gasteiger partial charge on any atom is -0.538 e. The lowest BCUT2D eigenvalue weighted by atomic mass is 10.1. The maximum absolute atomic E-state index is 13.8. The molecule has 2 aromatic rings. The first-order valence-corrected chi connectivity index (χ1v) is 7.67. The van der Waals surface area contributed by atoms with Gasteiger partial charge in [0.2, 0.25) is 5.91 Å². The average Bonchev–Trinajstić information content (AvgIpc) is 2.87. The van der Waals surface area contributed by atoms with Crippen molar-refractivity contribution >= 4 is 23.4 Å². The van der Waals surface area contributed by atoms with E-state index < -0.39 is 57.8 Å². The zero-order chi connectivity index (χ0) is 20.7. The molecule has 14 heteroatoms. The van der Waals surface area contributed by atoms with Gasteiger partial charge >= 0.3 is 6.18 Å². The van der Waals surface area contributed by atoms with Crippen molar-refractivity contribution in [3.05, 3.63) is 28.8 Å². The third-order valence-electron chi connectivity index (χ3n) is 3.17. The third kappa shape index (κ3) is 3.94. The van der Waals surface area contributed by atoms with Gasteiger partial charge in [0, 0.05) is 0 Å². The van der Waals surface area contributed by atoms with Gasteiger partial charge in [-0.1, -0.05) is 4.68 Å². The molecule has 1 aromatic heterocycles. The smallest absolute Gasteiger partial charge is 0.422 e. The van der Waals surface area contributed by atoms with E-state index in [4.69, 9.17) is 0 Å². The topological polar surface area (TPSA) is 82.1 Å². The number of hydrogen-bond acceptors (Lipinski definition) is 5. The van der Waals surface area contributed by atoms with E-state index in [2.05, 4.69) is 9.79 Å². The molecule has 1 N–H and O–H groups in total. The number of halogens is 7. The molecule has 0 aliphatic carbocycles. The molecule has 2 rings (SSSR count). The number of aromatic nitrogens is 2. The first-order valence-electron chi connectivity index (χ1n) is 6.79. The Balaban J connectivity index is 2.33. The number of amides is 1. The van der Waals surface area contributed by atoms with Crippen molar-refractivity contribution in [2.24, 2.45) is 7.05 Å². The SMILES string of the molecule is CC(Sc1c([O-])on[n+]1C)C(=O)Nc1c(F)c(F)c(C(F)(F)F)c(F)c1F. The number of carbonyl (C=O) groups excluding carboxylic acids is 1. The summed E-state index contributed by atoms with van der Waals surface area (Å²) in [5.41, 5.74) is -4.49. The van der Waals surface area contributed by atoms with Crippen LogP contribution in [0.15, 0.2) is 9.55 Å². The van der Waals surface area contributed by atoms with Crippen molar-refractivity contribution in [1.29, 1.82) is 0 Å². The van der Waals surface area contributed by atoms with Crippen LogP contribution in [0.5, 0.6) is 5.95 Å². The molecular formula is C13H8F7N3O3S. The van der Waals surface area contributed by atoms with E-state index >= 15 is 0 Å². The van der Waals surface area contributed by atoms with Gasteiger partial charge in [0.25, 0.3) is 5.03 Å². The van der Waals surface area contributed by atoms with Crippen molar-refractivity contribution in [3.8, 4) is 5.95 Å². The summed E-state index contributed by atoms with van der Waals surface area (Å²) in [4.78, 5) is 12.0. The van der Waals surface area contributed by atoms with Crippen LogP contribution in [0.1, 0.15) is 12.5 Å². The first-order chi connectivity index (χ1) is 12.4. The minimum atomic E-state index is -5.70. The van der Waals surface area contributed by atoms with Crippen LogP contribution in [-0.4, -0.2) is 16.4 Å². The molecule has 6 nitrogen and oxygen atoms in total. The standard InChI is InChI=1S/C13H8F7N3O3S/c1-3(27-11-12(25)26-22-23(11)2)10(24)21-9-7(16)5(14)4(13(18,19)20)6(15)8(9)17/h3H,1-2H3,(H-,21,22,24,25). The number of thioether (sulfide) groups is 1. The van der Waals surface area contributed by atoms with Gasteiger partial charge in [-0.05, 0) is 18.7 Å². The second-order valence-electron chi connectivity index (χ2n) is 5.04. The Morgan fingerprint density at radius 1 is 1.19 bits per heavy atom. The number of rotatable bonds is 4. The molecule has 1 amide bonds. The zero-order valence-corrected chi connectivity index (χ0v) is 14.1. The van der Waals surface area contributed by atoms with Gasteiger partial charge < -0.3 is 14.9 Å². The Morgan fingerprint density at radius 2 is 1.70 bits per heavy atom. The van der Waals surface area contributed by atoms with Gasteiger partial charge in [-0.25, -0.2) is 17.6 Å². The molecule has 0 spiro atoms. The fraction of sp³-hybridized carbons (Fsp3) is 0.308. The van der Waals surface area contributed by atoms with Gasteiger partial charge in [0.05, 0.1) is 10.5 Å². The summed E-state index contributed by atoms with van der Waals surface area (Å²) < 4.78 is 97.5. The van der Waals surface area contributed by atoms with E-state index in [1.54, 1.807) is 0 Å². The maximum atomic E-state index is 13.8. The number of benzene rings is 1. The Kier molecular flexibility index (Phi) is 5.58. The van der Waals surface area contributed by atoms with Crippen LogP contribution in [0.3, 0.4) is 0 Å². The van der Waals surface area contributed by atoms with E-state index in [1.807, 2.05) is 0 Å². The lowest BCUT2D eigenvalue weighted by molar-refractivity contribution is -0.772. The molecule has 1 aromatic carbocycles. The highest BCUT2D eigenvalue weighted by Crippen LogP contribution is 2.38. The maximum Gasteiger partial charge on any atom is 0.422 e. The van der Waals surface area contributed by atoms with Crippen LogP contribution in [0.2, 0.25) is 0 Å².